The van der Waals surface area contributed by atoms with E-state index >= 15 is 0 Å². The molecule has 79 heavy (non-hydrogen) atoms. The van der Waals surface area contributed by atoms with Crippen molar-refractivity contribution >= 4 is 34.6 Å². The van der Waals surface area contributed by atoms with Crippen molar-refractivity contribution in [2.75, 3.05) is 57.9 Å². The van der Waals surface area contributed by atoms with Crippen LogP contribution in [0.15, 0.2) is 77.9 Å². The number of fused-ring (bicyclic) bond motifs is 2. The van der Waals surface area contributed by atoms with E-state index < -0.39 is 65.7 Å². The number of carbonyl (C=O) groups excluding carboxylic acids is 2. The maximum absolute atomic E-state index is 14.1. The van der Waals surface area contributed by atoms with Crippen molar-refractivity contribution in [1.29, 1.82) is 0 Å². The third-order valence-electron chi connectivity index (χ3n) is 13.7. The Morgan fingerprint density at radius 2 is 1.41 bits per heavy atom. The van der Waals surface area contributed by atoms with Gasteiger partial charge in [-0.25, -0.2) is 9.78 Å². The van der Waals surface area contributed by atoms with Gasteiger partial charge in [0.1, 0.15) is 28.8 Å². The quantitative estimate of drug-likeness (QED) is 0.00852. The van der Waals surface area contributed by atoms with E-state index in [0.29, 0.717) is 101 Å². The van der Waals surface area contributed by atoms with Crippen LogP contribution in [-0.4, -0.2) is 148 Å². The molecule has 19 nitrogen and oxygen atoms in total. The number of hydrogen-bond acceptors (Lipinski definition) is 15. The summed E-state index contributed by atoms with van der Waals surface area (Å²) < 4.78 is 23.3. The molecule has 0 radical (unpaired) electrons. The van der Waals surface area contributed by atoms with Crippen molar-refractivity contribution in [3.63, 3.8) is 0 Å². The zero-order valence-corrected chi connectivity index (χ0v) is 47.5. The Balaban J connectivity index is 1.20. The summed E-state index contributed by atoms with van der Waals surface area (Å²) in [5.74, 6) is -0.218. The zero-order chi connectivity index (χ0) is 57.5. The number of amides is 1. The van der Waals surface area contributed by atoms with Crippen LogP contribution < -0.4 is 15.0 Å². The molecule has 6 N–H and O–H groups in total. The Kier molecular flexibility index (Phi) is 25.7. The van der Waals surface area contributed by atoms with E-state index in [2.05, 4.69) is 26.3 Å². The zero-order valence-electron chi connectivity index (χ0n) is 47.5. The first-order valence-corrected chi connectivity index (χ1v) is 28.0. The van der Waals surface area contributed by atoms with Crippen molar-refractivity contribution < 1.29 is 58.9 Å². The minimum Gasteiger partial charge on any atom is -0.493 e. The highest BCUT2D eigenvalue weighted by atomic mass is 16.6. The number of methoxy groups -OCH3 is 1. The van der Waals surface area contributed by atoms with E-state index in [9.17, 15) is 39.9 Å². The highest BCUT2D eigenvalue weighted by Gasteiger charge is 2.32. The van der Waals surface area contributed by atoms with Crippen LogP contribution in [0.4, 0.5) is 10.6 Å². The first kappa shape index (κ1) is 63.9. The number of carbonyl (C=O) groups is 3. The number of unbranched alkanes of at least 4 members (excludes halogenated alkanes) is 1. The SMILES string of the molecule is COCCN(CCCCc1ccc2c(n1)N(C(=O)OC(C)(C)C)CCC2)C[C@H](N[C@@H](CC(=O)O)c1ccc(-c2ccc(OCC[C@@H](O)CC[C@@H](O)CC[C@H](O)CC[C@H](O)CCN=[N+]=[N-])c3ccccc23)cc1)C(=O)OC(C)(C)C. The number of aliphatic hydroxyl groups is 4. The maximum Gasteiger partial charge on any atom is 0.416 e. The largest absolute Gasteiger partial charge is 0.493 e. The number of rotatable bonds is 33. The molecule has 0 saturated heterocycles. The predicted molar refractivity (Wildman–Crippen MR) is 305 cm³/mol. The molecule has 0 unspecified atom stereocenters. The molecule has 2 heterocycles. The topological polar surface area (TPSA) is 269 Å². The second kappa shape index (κ2) is 31.8. The summed E-state index contributed by atoms with van der Waals surface area (Å²) in [5, 5.41) is 60.4. The highest BCUT2D eigenvalue weighted by Crippen LogP contribution is 2.36. The monoisotopic (exact) mass is 1100 g/mol. The molecule has 6 atom stereocenters. The van der Waals surface area contributed by atoms with Gasteiger partial charge >= 0.3 is 18.0 Å². The number of aromatic nitrogens is 1. The van der Waals surface area contributed by atoms with Crippen molar-refractivity contribution in [2.45, 2.75) is 179 Å². The number of pyridine rings is 1. The lowest BCUT2D eigenvalue weighted by atomic mass is 9.95. The molecule has 434 valence electrons. The Morgan fingerprint density at radius 3 is 2.03 bits per heavy atom. The van der Waals surface area contributed by atoms with Gasteiger partial charge in [0.15, 0.2) is 0 Å². The van der Waals surface area contributed by atoms with Crippen LogP contribution in [0.5, 0.6) is 5.75 Å². The smallest absolute Gasteiger partial charge is 0.416 e. The fraction of sp³-hybridized carbons (Fsp3) is 0.600. The molecule has 0 bridgehead atoms. The standard InChI is InChI=1S/C60H87N7O12/c1-59(2,3)78-57(74)53(40-66(36-38-76-7)34-11-10-14-44-22-21-43-13-12-35-67(56(43)63-44)58(75)79-60(4,5)6)64-52(39-55(72)73)42-19-17-41(18-20-42)49-29-30-54(51-16-9-8-15-50(49)51)77-37-32-48(71)28-26-46(69)24-23-45(68)25-27-47(70)31-33-62-65-61/h8-9,15-22,29-30,45-48,52-53,64,68-71H,10-14,23-28,31-40H2,1-7H3,(H,72,73)/t45-,46-,47-,48-,52-,53-/m0/s1. The summed E-state index contributed by atoms with van der Waals surface area (Å²) >= 11 is 0. The van der Waals surface area contributed by atoms with Crippen molar-refractivity contribution in [1.82, 2.24) is 15.2 Å². The van der Waals surface area contributed by atoms with Crippen LogP contribution in [0.3, 0.4) is 0 Å². The number of carboxylic acids is 1. The van der Waals surface area contributed by atoms with Gasteiger partial charge in [-0.15, -0.1) is 0 Å². The highest BCUT2D eigenvalue weighted by molar-refractivity contribution is 6.00. The van der Waals surface area contributed by atoms with Crippen LogP contribution in [0, 0.1) is 0 Å². The molecule has 4 aromatic rings. The first-order valence-electron chi connectivity index (χ1n) is 28.0. The van der Waals surface area contributed by atoms with Crippen molar-refractivity contribution in [3.05, 3.63) is 100 Å². The van der Waals surface area contributed by atoms with Crippen LogP contribution in [-0.2, 0) is 36.6 Å². The minimum atomic E-state index is -1.03. The maximum atomic E-state index is 14.1. The number of aliphatic hydroxyl groups excluding tert-OH is 4. The molecule has 1 amide bonds. The van der Waals surface area contributed by atoms with E-state index in [1.807, 2.05) is 87.5 Å². The molecule has 1 aliphatic rings. The molecule has 5 rings (SSSR count). The number of carboxylic acid groups (broad SMARTS) is 1. The van der Waals surface area contributed by atoms with E-state index in [0.717, 1.165) is 58.8 Å². The summed E-state index contributed by atoms with van der Waals surface area (Å²) in [6.45, 7) is 13.7. The van der Waals surface area contributed by atoms with Crippen molar-refractivity contribution in [3.8, 4) is 16.9 Å². The third-order valence-corrected chi connectivity index (χ3v) is 13.7. The Hall–Kier alpha value is -5.89. The van der Waals surface area contributed by atoms with Gasteiger partial charge in [-0.05, 0) is 170 Å². The van der Waals surface area contributed by atoms with Crippen molar-refractivity contribution in [2.24, 2.45) is 5.11 Å². The van der Waals surface area contributed by atoms with Crippen LogP contribution in [0.2, 0.25) is 0 Å². The van der Waals surface area contributed by atoms with Gasteiger partial charge < -0.3 is 44.5 Å². The average Bonchev–Trinajstić information content (AvgIpc) is 3.46. The minimum absolute atomic E-state index is 0.195. The molecular formula is C60H87N7O12. The summed E-state index contributed by atoms with van der Waals surface area (Å²) in [7, 11) is 1.63. The molecule has 0 spiro atoms. The van der Waals surface area contributed by atoms with Crippen LogP contribution in [0.1, 0.15) is 141 Å². The molecule has 19 heteroatoms. The molecule has 1 aromatic heterocycles. The summed E-state index contributed by atoms with van der Waals surface area (Å²) in [6, 6.07) is 21.8. The van der Waals surface area contributed by atoms with Gasteiger partial charge in [-0.1, -0.05) is 65.8 Å². The number of nitrogens with one attached hydrogen (secondary N) is 1. The number of aliphatic carboxylic acids is 1. The van der Waals surface area contributed by atoms with Gasteiger partial charge in [-0.2, -0.15) is 0 Å². The lowest BCUT2D eigenvalue weighted by molar-refractivity contribution is -0.158. The van der Waals surface area contributed by atoms with Crippen LogP contribution >= 0.6 is 0 Å². The first-order chi connectivity index (χ1) is 37.6. The molecule has 0 fully saturated rings. The normalized spacial score (nSPS) is 15.1. The lowest BCUT2D eigenvalue weighted by Gasteiger charge is -2.32. The third kappa shape index (κ3) is 22.3. The lowest BCUT2D eigenvalue weighted by Crippen LogP contribution is -2.50. The van der Waals surface area contributed by atoms with E-state index in [1.54, 1.807) is 32.8 Å². The number of esters is 1. The number of ether oxygens (including phenoxy) is 4. The molecule has 0 aliphatic carbocycles. The number of anilines is 1. The van der Waals surface area contributed by atoms with E-state index in [1.165, 1.54) is 0 Å². The average molecular weight is 1100 g/mol. The van der Waals surface area contributed by atoms with Gasteiger partial charge in [0.05, 0.1) is 44.1 Å². The fourth-order valence-corrected chi connectivity index (χ4v) is 9.62. The number of benzene rings is 3. The summed E-state index contributed by atoms with van der Waals surface area (Å²) in [4.78, 5) is 51.0. The molecule has 1 aliphatic heterocycles. The second-order valence-electron chi connectivity index (χ2n) is 22.7. The Bertz CT molecular complexity index is 2580. The summed E-state index contributed by atoms with van der Waals surface area (Å²) in [6.07, 6.45) is 3.37. The van der Waals surface area contributed by atoms with Gasteiger partial charge in [0.2, 0.25) is 0 Å². The van der Waals surface area contributed by atoms with Gasteiger partial charge in [0, 0.05) is 61.7 Å². The number of aryl methyl sites for hydroxylation is 2. The molecular weight excluding hydrogens is 1010 g/mol. The predicted octanol–water partition coefficient (Wildman–Crippen LogP) is 9.63. The molecule has 0 saturated carbocycles. The second-order valence-corrected chi connectivity index (χ2v) is 22.7. The van der Waals surface area contributed by atoms with E-state index in [-0.39, 0.29) is 26.1 Å². The van der Waals surface area contributed by atoms with Gasteiger partial charge in [-0.3, -0.25) is 24.7 Å². The van der Waals surface area contributed by atoms with Crippen LogP contribution in [0.25, 0.3) is 32.3 Å². The number of nitrogens with zero attached hydrogens (tertiary/aromatic N) is 6. The van der Waals surface area contributed by atoms with Gasteiger partial charge in [0.25, 0.3) is 0 Å². The number of azide groups is 1. The fourth-order valence-electron chi connectivity index (χ4n) is 9.62. The molecule has 3 aromatic carbocycles. The van der Waals surface area contributed by atoms with E-state index in [4.69, 9.17) is 29.5 Å². The number of hydrogen-bond donors (Lipinski definition) is 6. The Labute approximate surface area is 466 Å². The Morgan fingerprint density at radius 1 is 0.772 bits per heavy atom. The summed E-state index contributed by atoms with van der Waals surface area (Å²) in [5.41, 5.74) is 11.4.